The van der Waals surface area contributed by atoms with Gasteiger partial charge in [-0.15, -0.1) is 21.5 Å². The maximum Gasteiger partial charge on any atom is 0.341 e. The molecule has 0 saturated heterocycles. The minimum atomic E-state index is -0.365. The van der Waals surface area contributed by atoms with E-state index in [9.17, 15) is 9.59 Å². The van der Waals surface area contributed by atoms with E-state index in [0.717, 1.165) is 41.7 Å². The Morgan fingerprint density at radius 2 is 1.95 bits per heavy atom. The van der Waals surface area contributed by atoms with Crippen molar-refractivity contribution < 1.29 is 19.1 Å². The first kappa shape index (κ1) is 28.2. The number of benzene rings is 1. The molecule has 1 aliphatic rings. The third-order valence-corrected chi connectivity index (χ3v) is 8.65. The smallest absolute Gasteiger partial charge is 0.341 e. The van der Waals surface area contributed by atoms with Crippen LogP contribution < -0.4 is 10.1 Å². The number of hydrogen-bond donors (Lipinski definition) is 1. The molecule has 1 amide bonds. The lowest BCUT2D eigenvalue weighted by molar-refractivity contribution is -0.113. The number of ether oxygens (including phenoxy) is 2. The number of esters is 1. The summed E-state index contributed by atoms with van der Waals surface area (Å²) < 4.78 is 13.5. The average Bonchev–Trinajstić information content (AvgIpc) is 3.42. The number of aryl methyl sites for hydroxylation is 2. The van der Waals surface area contributed by atoms with E-state index in [1.54, 1.807) is 6.92 Å². The van der Waals surface area contributed by atoms with Gasteiger partial charge in [-0.2, -0.15) is 0 Å². The molecule has 0 radical (unpaired) electrons. The maximum absolute atomic E-state index is 13.0. The third-order valence-electron chi connectivity index (χ3n) is 6.51. The monoisotopic (exact) mass is 556 g/mol. The van der Waals surface area contributed by atoms with Crippen LogP contribution in [0.1, 0.15) is 78.0 Å². The Morgan fingerprint density at radius 1 is 1.21 bits per heavy atom. The molecule has 0 fully saturated rings. The van der Waals surface area contributed by atoms with Crippen molar-refractivity contribution in [3.8, 4) is 5.75 Å². The molecular weight excluding hydrogens is 520 g/mol. The van der Waals surface area contributed by atoms with E-state index in [-0.39, 0.29) is 23.7 Å². The van der Waals surface area contributed by atoms with Gasteiger partial charge in [0.15, 0.2) is 17.1 Å². The van der Waals surface area contributed by atoms with Crippen molar-refractivity contribution in [2.24, 2.45) is 5.92 Å². The highest BCUT2D eigenvalue weighted by Gasteiger charge is 2.29. The second-order valence-electron chi connectivity index (χ2n) is 9.78. The van der Waals surface area contributed by atoms with Crippen molar-refractivity contribution in [2.75, 3.05) is 17.7 Å². The normalized spacial score (nSPS) is 15.6. The fraction of sp³-hybridized carbons (Fsp3) is 0.500. The fourth-order valence-electron chi connectivity index (χ4n) is 4.81. The number of thioether (sulfide) groups is 1. The van der Waals surface area contributed by atoms with E-state index in [1.165, 1.54) is 28.0 Å². The summed E-state index contributed by atoms with van der Waals surface area (Å²) in [5.74, 6) is 1.64. The van der Waals surface area contributed by atoms with Gasteiger partial charge >= 0.3 is 5.97 Å². The fourth-order valence-corrected chi connectivity index (χ4v) is 7.04. The molecule has 204 valence electrons. The number of fused-ring (bicyclic) bond motifs is 1. The highest BCUT2D eigenvalue weighted by atomic mass is 32.2. The van der Waals surface area contributed by atoms with Gasteiger partial charge in [-0.05, 0) is 88.6 Å². The molecule has 38 heavy (non-hydrogen) atoms. The van der Waals surface area contributed by atoms with Gasteiger partial charge in [-0.3, -0.25) is 4.79 Å². The second-order valence-corrected chi connectivity index (χ2v) is 11.8. The van der Waals surface area contributed by atoms with Crippen LogP contribution in [0.4, 0.5) is 5.00 Å². The zero-order valence-corrected chi connectivity index (χ0v) is 24.6. The van der Waals surface area contributed by atoms with Crippen LogP contribution in [0.2, 0.25) is 0 Å². The Hall–Kier alpha value is -2.85. The number of carbonyl (C=O) groups is 2. The topological polar surface area (TPSA) is 95.3 Å². The summed E-state index contributed by atoms with van der Waals surface area (Å²) in [6, 6.07) is 6.11. The molecule has 0 spiro atoms. The standard InChI is InChI=1S/C28H36N4O4S2/c1-7-32-25(19(6)36-20-12-17(4)11-18(5)13-20)30-31-28(32)37-15-23(33)29-26-24(27(34)35-8-2)21-10-9-16(3)14-22(21)38-26/h11-13,16,19H,7-10,14-15H2,1-6H3,(H,29,33). The minimum absolute atomic E-state index is 0.145. The van der Waals surface area contributed by atoms with E-state index in [0.29, 0.717) is 40.6 Å². The number of thiophene rings is 1. The van der Waals surface area contributed by atoms with Gasteiger partial charge in [0.1, 0.15) is 10.8 Å². The first-order valence-electron chi connectivity index (χ1n) is 13.1. The Balaban J connectivity index is 1.45. The summed E-state index contributed by atoms with van der Waals surface area (Å²) in [5.41, 5.74) is 3.83. The molecule has 2 heterocycles. The van der Waals surface area contributed by atoms with Crippen LogP contribution in [0.15, 0.2) is 23.4 Å². The van der Waals surface area contributed by atoms with Crippen LogP contribution in [0.3, 0.4) is 0 Å². The minimum Gasteiger partial charge on any atom is -0.483 e. The van der Waals surface area contributed by atoms with Crippen molar-refractivity contribution in [1.82, 2.24) is 14.8 Å². The van der Waals surface area contributed by atoms with Gasteiger partial charge in [0.25, 0.3) is 0 Å². The molecule has 8 nitrogen and oxygen atoms in total. The number of nitrogens with zero attached hydrogens (tertiary/aromatic N) is 3. The van der Waals surface area contributed by atoms with Gasteiger partial charge in [0, 0.05) is 11.4 Å². The largest absolute Gasteiger partial charge is 0.483 e. The van der Waals surface area contributed by atoms with Crippen molar-refractivity contribution in [1.29, 1.82) is 0 Å². The van der Waals surface area contributed by atoms with E-state index < -0.39 is 0 Å². The molecule has 1 aliphatic carbocycles. The molecule has 4 rings (SSSR count). The molecule has 2 atom stereocenters. The second kappa shape index (κ2) is 12.3. The molecule has 2 aromatic heterocycles. The van der Waals surface area contributed by atoms with Crippen LogP contribution in [0.25, 0.3) is 0 Å². The Morgan fingerprint density at radius 3 is 2.63 bits per heavy atom. The third kappa shape index (κ3) is 6.40. The van der Waals surface area contributed by atoms with Crippen molar-refractivity contribution in [2.45, 2.75) is 78.6 Å². The number of rotatable bonds is 10. The molecule has 0 bridgehead atoms. The Bertz CT molecular complexity index is 1300. The molecule has 2 unspecified atom stereocenters. The lowest BCUT2D eigenvalue weighted by Crippen LogP contribution is -2.18. The predicted molar refractivity (Wildman–Crippen MR) is 151 cm³/mol. The SMILES string of the molecule is CCOC(=O)c1c(NC(=O)CSc2nnc(C(C)Oc3cc(C)cc(C)c3)n2CC)sc2c1CCC(C)C2. The lowest BCUT2D eigenvalue weighted by atomic mass is 9.88. The van der Waals surface area contributed by atoms with Gasteiger partial charge in [-0.1, -0.05) is 24.8 Å². The average molecular weight is 557 g/mol. The van der Waals surface area contributed by atoms with E-state index in [4.69, 9.17) is 9.47 Å². The molecule has 10 heteroatoms. The summed E-state index contributed by atoms with van der Waals surface area (Å²) >= 11 is 2.82. The molecule has 1 N–H and O–H groups in total. The van der Waals surface area contributed by atoms with E-state index in [2.05, 4.69) is 28.5 Å². The highest BCUT2D eigenvalue weighted by molar-refractivity contribution is 7.99. The number of hydrogen-bond acceptors (Lipinski definition) is 8. The number of carbonyl (C=O) groups excluding carboxylic acids is 2. The molecule has 3 aromatic rings. The number of aromatic nitrogens is 3. The summed E-state index contributed by atoms with van der Waals surface area (Å²) in [6.45, 7) is 13.0. The predicted octanol–water partition coefficient (Wildman–Crippen LogP) is 6.15. The van der Waals surface area contributed by atoms with Gasteiger partial charge < -0.3 is 19.4 Å². The Labute approximate surface area is 232 Å². The van der Waals surface area contributed by atoms with Crippen molar-refractivity contribution >= 4 is 40.0 Å². The van der Waals surface area contributed by atoms with Crippen LogP contribution in [0.5, 0.6) is 5.75 Å². The number of nitrogens with one attached hydrogen (secondary N) is 1. The van der Waals surface area contributed by atoms with E-state index >= 15 is 0 Å². The molecule has 1 aromatic carbocycles. The van der Waals surface area contributed by atoms with E-state index in [1.807, 2.05) is 44.4 Å². The van der Waals surface area contributed by atoms with Gasteiger partial charge in [-0.25, -0.2) is 4.79 Å². The zero-order valence-electron chi connectivity index (χ0n) is 22.9. The summed E-state index contributed by atoms with van der Waals surface area (Å²) in [5, 5.41) is 12.9. The first-order chi connectivity index (χ1) is 18.2. The Kier molecular flexibility index (Phi) is 9.15. The first-order valence-corrected chi connectivity index (χ1v) is 14.9. The molecule has 0 saturated carbocycles. The van der Waals surface area contributed by atoms with Crippen LogP contribution in [-0.4, -0.2) is 39.0 Å². The summed E-state index contributed by atoms with van der Waals surface area (Å²) in [4.78, 5) is 26.9. The lowest BCUT2D eigenvalue weighted by Gasteiger charge is -2.18. The number of amides is 1. The van der Waals surface area contributed by atoms with Crippen molar-refractivity contribution in [3.05, 3.63) is 51.2 Å². The molecule has 0 aliphatic heterocycles. The van der Waals surface area contributed by atoms with Gasteiger partial charge in [0.05, 0.1) is 17.9 Å². The molecular formula is C28H36N4O4S2. The highest BCUT2D eigenvalue weighted by Crippen LogP contribution is 2.40. The van der Waals surface area contributed by atoms with Gasteiger partial charge in [0.2, 0.25) is 5.91 Å². The maximum atomic E-state index is 13.0. The van der Waals surface area contributed by atoms with Crippen LogP contribution in [-0.2, 0) is 28.9 Å². The summed E-state index contributed by atoms with van der Waals surface area (Å²) in [6.07, 6.45) is 2.47. The quantitative estimate of drug-likeness (QED) is 0.236. The van der Waals surface area contributed by atoms with Crippen LogP contribution >= 0.6 is 23.1 Å². The zero-order chi connectivity index (χ0) is 27.4. The number of anilines is 1. The van der Waals surface area contributed by atoms with Crippen LogP contribution in [0, 0.1) is 19.8 Å². The van der Waals surface area contributed by atoms with Crippen molar-refractivity contribution in [3.63, 3.8) is 0 Å². The summed E-state index contributed by atoms with van der Waals surface area (Å²) in [7, 11) is 0.